The average molecular weight is 425 g/mol. The summed E-state index contributed by atoms with van der Waals surface area (Å²) >= 11 is 0. The van der Waals surface area contributed by atoms with Gasteiger partial charge in [-0.05, 0) is 87.1 Å². The Morgan fingerprint density at radius 3 is 1.97 bits per heavy atom. The summed E-state index contributed by atoms with van der Waals surface area (Å²) in [5.41, 5.74) is 9.17. The van der Waals surface area contributed by atoms with Crippen molar-refractivity contribution in [3.63, 3.8) is 0 Å². The molecule has 0 atom stereocenters. The summed E-state index contributed by atoms with van der Waals surface area (Å²) in [5, 5.41) is 3.31. The quantitative estimate of drug-likeness (QED) is 0.528. The summed E-state index contributed by atoms with van der Waals surface area (Å²) in [5.74, 6) is -0.644. The highest BCUT2D eigenvalue weighted by atomic mass is 16.2. The Hall–Kier alpha value is -3.66. The monoisotopic (exact) mass is 424 g/mol. The zero-order chi connectivity index (χ0) is 23.2. The molecule has 0 saturated heterocycles. The first kappa shape index (κ1) is 21.6. The molecule has 2 amide bonds. The molecule has 1 aliphatic rings. The maximum absolute atomic E-state index is 13.7. The van der Waals surface area contributed by atoms with Crippen LogP contribution in [0, 0.1) is 41.5 Å². The Morgan fingerprint density at radius 2 is 1.28 bits per heavy atom. The number of nitrogens with zero attached hydrogens (tertiary/aromatic N) is 1. The number of anilines is 2. The normalized spacial score (nSPS) is 13.9. The van der Waals surface area contributed by atoms with Crippen molar-refractivity contribution in [1.29, 1.82) is 0 Å². The van der Waals surface area contributed by atoms with E-state index in [0.717, 1.165) is 44.6 Å². The topological polar surface area (TPSA) is 49.4 Å². The summed E-state index contributed by atoms with van der Waals surface area (Å²) in [7, 11) is 0. The fourth-order valence-corrected chi connectivity index (χ4v) is 4.09. The number of nitrogens with one attached hydrogen (secondary N) is 1. The number of benzene rings is 3. The Kier molecular flexibility index (Phi) is 5.47. The van der Waals surface area contributed by atoms with Gasteiger partial charge in [0.25, 0.3) is 11.8 Å². The van der Waals surface area contributed by atoms with E-state index in [2.05, 4.69) is 5.32 Å². The second-order valence-electron chi connectivity index (χ2n) is 8.73. The number of hydrogen-bond acceptors (Lipinski definition) is 3. The lowest BCUT2D eigenvalue weighted by atomic mass is 9.99. The van der Waals surface area contributed by atoms with Crippen molar-refractivity contribution in [2.75, 3.05) is 10.2 Å². The second kappa shape index (κ2) is 8.12. The molecule has 0 aliphatic carbocycles. The first-order valence-corrected chi connectivity index (χ1v) is 10.8. The van der Waals surface area contributed by atoms with Gasteiger partial charge >= 0.3 is 0 Å². The molecule has 1 aliphatic heterocycles. The minimum Gasteiger partial charge on any atom is -0.350 e. The van der Waals surface area contributed by atoms with E-state index < -0.39 is 0 Å². The van der Waals surface area contributed by atoms with Crippen LogP contribution in [0.15, 0.2) is 60.3 Å². The number of carbonyl (C=O) groups excluding carboxylic acids is 2. The number of carbonyl (C=O) groups is 2. The highest BCUT2D eigenvalue weighted by Gasteiger charge is 2.41. The fourth-order valence-electron chi connectivity index (χ4n) is 4.09. The predicted molar refractivity (Wildman–Crippen MR) is 131 cm³/mol. The van der Waals surface area contributed by atoms with E-state index in [4.69, 9.17) is 0 Å². The van der Waals surface area contributed by atoms with Gasteiger partial charge in [-0.2, -0.15) is 0 Å². The molecule has 0 aromatic heterocycles. The van der Waals surface area contributed by atoms with E-state index in [9.17, 15) is 9.59 Å². The fraction of sp³-hybridized carbons (Fsp3) is 0.214. The lowest BCUT2D eigenvalue weighted by Gasteiger charge is -2.18. The molecule has 0 unspecified atom stereocenters. The van der Waals surface area contributed by atoms with Gasteiger partial charge in [0, 0.05) is 5.69 Å². The Bertz CT molecular complexity index is 1300. The second-order valence-corrected chi connectivity index (χ2v) is 8.73. The van der Waals surface area contributed by atoms with Gasteiger partial charge in [-0.15, -0.1) is 0 Å². The van der Waals surface area contributed by atoms with Crippen LogP contribution in [-0.4, -0.2) is 11.8 Å². The predicted octanol–water partition coefficient (Wildman–Crippen LogP) is 5.93. The van der Waals surface area contributed by atoms with E-state index in [1.807, 2.05) is 96.1 Å². The van der Waals surface area contributed by atoms with Gasteiger partial charge in [0.2, 0.25) is 0 Å². The summed E-state index contributed by atoms with van der Waals surface area (Å²) in [6.07, 6.45) is 0. The highest BCUT2D eigenvalue weighted by Crippen LogP contribution is 2.36. The molecule has 3 aromatic carbocycles. The molecule has 0 spiro atoms. The first-order chi connectivity index (χ1) is 15.2. The highest BCUT2D eigenvalue weighted by molar-refractivity contribution is 6.46. The molecule has 0 fully saturated rings. The van der Waals surface area contributed by atoms with E-state index in [1.54, 1.807) is 0 Å². The standard InChI is InChI=1S/C28H28N2O2/c1-16-8-12-24(21(6)13-16)30-27(31)25(22-11-10-18(3)20(5)15-22)26(28(30)32)29-23-14-17(2)7-9-19(23)4/h7-15,29H,1-6H3. The first-order valence-electron chi connectivity index (χ1n) is 10.8. The van der Waals surface area contributed by atoms with E-state index in [0.29, 0.717) is 17.0 Å². The van der Waals surface area contributed by atoms with Crippen molar-refractivity contribution in [2.24, 2.45) is 0 Å². The minimum absolute atomic E-state index is 0.307. The van der Waals surface area contributed by atoms with E-state index >= 15 is 0 Å². The summed E-state index contributed by atoms with van der Waals surface area (Å²) in [6, 6.07) is 17.7. The smallest absolute Gasteiger partial charge is 0.282 e. The third-order valence-corrected chi connectivity index (χ3v) is 6.13. The van der Waals surface area contributed by atoms with Gasteiger partial charge in [-0.25, -0.2) is 4.90 Å². The molecule has 4 nitrogen and oxygen atoms in total. The third-order valence-electron chi connectivity index (χ3n) is 6.13. The van der Waals surface area contributed by atoms with Crippen molar-refractivity contribution < 1.29 is 9.59 Å². The van der Waals surface area contributed by atoms with Crippen LogP contribution in [0.4, 0.5) is 11.4 Å². The molecule has 0 saturated carbocycles. The van der Waals surface area contributed by atoms with Crippen LogP contribution in [0.25, 0.3) is 5.57 Å². The SMILES string of the molecule is Cc1ccc(N2C(=O)C(Nc3cc(C)ccc3C)=C(c3ccc(C)c(C)c3)C2=O)c(C)c1. The Balaban J connectivity index is 1.89. The Labute approximate surface area is 189 Å². The van der Waals surface area contributed by atoms with Crippen LogP contribution >= 0.6 is 0 Å². The van der Waals surface area contributed by atoms with Crippen molar-refractivity contribution in [3.05, 3.63) is 99.2 Å². The van der Waals surface area contributed by atoms with Crippen molar-refractivity contribution in [1.82, 2.24) is 0 Å². The van der Waals surface area contributed by atoms with Crippen LogP contribution in [0.1, 0.15) is 38.9 Å². The number of amides is 2. The lowest BCUT2D eigenvalue weighted by molar-refractivity contribution is -0.120. The number of hydrogen-bond donors (Lipinski definition) is 1. The summed E-state index contributed by atoms with van der Waals surface area (Å²) in [6.45, 7) is 12.0. The van der Waals surface area contributed by atoms with Gasteiger partial charge in [-0.3, -0.25) is 9.59 Å². The van der Waals surface area contributed by atoms with Crippen LogP contribution in [0.5, 0.6) is 0 Å². The Morgan fingerprint density at radius 1 is 0.625 bits per heavy atom. The summed E-state index contributed by atoms with van der Waals surface area (Å²) in [4.78, 5) is 28.7. The van der Waals surface area contributed by atoms with Crippen LogP contribution < -0.4 is 10.2 Å². The number of imide groups is 1. The third kappa shape index (κ3) is 3.73. The van der Waals surface area contributed by atoms with Crippen LogP contribution in [0.3, 0.4) is 0 Å². The van der Waals surface area contributed by atoms with Gasteiger partial charge in [0.15, 0.2) is 0 Å². The van der Waals surface area contributed by atoms with Crippen LogP contribution in [0.2, 0.25) is 0 Å². The zero-order valence-corrected chi connectivity index (χ0v) is 19.5. The lowest BCUT2D eigenvalue weighted by Crippen LogP contribution is -2.33. The molecular formula is C28H28N2O2. The van der Waals surface area contributed by atoms with Crippen molar-refractivity contribution >= 4 is 28.8 Å². The van der Waals surface area contributed by atoms with Crippen LogP contribution in [-0.2, 0) is 9.59 Å². The number of aryl methyl sites for hydroxylation is 6. The van der Waals surface area contributed by atoms with E-state index in [-0.39, 0.29) is 11.8 Å². The maximum Gasteiger partial charge on any atom is 0.282 e. The molecular weight excluding hydrogens is 396 g/mol. The molecule has 1 heterocycles. The molecule has 162 valence electrons. The average Bonchev–Trinajstić information content (AvgIpc) is 2.97. The van der Waals surface area contributed by atoms with Crippen molar-refractivity contribution in [3.8, 4) is 0 Å². The molecule has 4 rings (SSSR count). The van der Waals surface area contributed by atoms with Gasteiger partial charge in [0.1, 0.15) is 5.70 Å². The number of rotatable bonds is 4. The van der Waals surface area contributed by atoms with Gasteiger partial charge < -0.3 is 5.32 Å². The minimum atomic E-state index is -0.337. The molecule has 4 heteroatoms. The van der Waals surface area contributed by atoms with E-state index in [1.165, 1.54) is 4.90 Å². The summed E-state index contributed by atoms with van der Waals surface area (Å²) < 4.78 is 0. The molecule has 32 heavy (non-hydrogen) atoms. The molecule has 0 bridgehead atoms. The van der Waals surface area contributed by atoms with Gasteiger partial charge in [-0.1, -0.05) is 48.0 Å². The maximum atomic E-state index is 13.7. The largest absolute Gasteiger partial charge is 0.350 e. The zero-order valence-electron chi connectivity index (χ0n) is 19.5. The molecule has 3 aromatic rings. The van der Waals surface area contributed by atoms with Crippen molar-refractivity contribution in [2.45, 2.75) is 41.5 Å². The molecule has 1 N–H and O–H groups in total. The molecule has 0 radical (unpaired) electrons. The van der Waals surface area contributed by atoms with Gasteiger partial charge in [0.05, 0.1) is 11.3 Å².